The average molecular weight is 741 g/mol. The van der Waals surface area contributed by atoms with Gasteiger partial charge in [-0.3, -0.25) is 0 Å². The van der Waals surface area contributed by atoms with E-state index in [9.17, 15) is 0 Å². The molecule has 0 saturated carbocycles. The van der Waals surface area contributed by atoms with E-state index in [4.69, 9.17) is 6.58 Å². The van der Waals surface area contributed by atoms with Crippen molar-refractivity contribution >= 4 is 38.8 Å². The van der Waals surface area contributed by atoms with E-state index in [0.717, 1.165) is 28.3 Å². The molecule has 1 heterocycles. The quantitative estimate of drug-likeness (QED) is 0.165. The lowest BCUT2D eigenvalue weighted by Crippen LogP contribution is -2.27. The fraction of sp³-hybridized carbons (Fsp3) is 0.0357. The van der Waals surface area contributed by atoms with Crippen molar-refractivity contribution in [3.63, 3.8) is 0 Å². The van der Waals surface area contributed by atoms with E-state index in [1.54, 1.807) is 0 Å². The summed E-state index contributed by atoms with van der Waals surface area (Å²) >= 11 is 0. The Kier molecular flexibility index (Phi) is 7.80. The molecule has 0 amide bonds. The summed E-state index contributed by atoms with van der Waals surface area (Å²) in [6.07, 6.45) is 4.66. The van der Waals surface area contributed by atoms with Crippen molar-refractivity contribution in [2.75, 3.05) is 4.90 Å². The third kappa shape index (κ3) is 4.92. The van der Waals surface area contributed by atoms with Gasteiger partial charge in [-0.2, -0.15) is 0 Å². The topological polar surface area (TPSA) is 8.17 Å². The van der Waals surface area contributed by atoms with Gasteiger partial charge in [-0.25, -0.2) is 0 Å². The van der Waals surface area contributed by atoms with Crippen LogP contribution in [0.3, 0.4) is 0 Å². The number of fused-ring (bicyclic) bond motifs is 10. The minimum Gasteiger partial charge on any atom is -0.311 e. The van der Waals surface area contributed by atoms with Gasteiger partial charge in [0.25, 0.3) is 0 Å². The number of benzene rings is 8. The Labute approximate surface area is 339 Å². The van der Waals surface area contributed by atoms with Crippen LogP contribution in [0.2, 0.25) is 0 Å². The Morgan fingerprint density at radius 2 is 1.02 bits per heavy atom. The zero-order chi connectivity index (χ0) is 38.8. The van der Waals surface area contributed by atoms with Crippen LogP contribution >= 0.6 is 0 Å². The van der Waals surface area contributed by atoms with Gasteiger partial charge in [0.2, 0.25) is 0 Å². The van der Waals surface area contributed by atoms with Gasteiger partial charge in [-0.15, -0.1) is 0 Å². The maximum atomic E-state index is 4.97. The van der Waals surface area contributed by atoms with E-state index < -0.39 is 5.41 Å². The van der Waals surface area contributed by atoms with Crippen LogP contribution in [-0.2, 0) is 5.41 Å². The van der Waals surface area contributed by atoms with Crippen LogP contribution in [0.1, 0.15) is 29.2 Å². The van der Waals surface area contributed by atoms with Crippen molar-refractivity contribution < 1.29 is 0 Å². The van der Waals surface area contributed by atoms with E-state index >= 15 is 0 Å². The highest BCUT2D eigenvalue weighted by atomic mass is 15.1. The average Bonchev–Trinajstić information content (AvgIpc) is 3.88. The fourth-order valence-corrected chi connectivity index (χ4v) is 9.95. The smallest absolute Gasteiger partial charge is 0.0726 e. The van der Waals surface area contributed by atoms with Crippen molar-refractivity contribution in [2.45, 2.75) is 12.3 Å². The molecule has 0 bridgehead atoms. The summed E-state index contributed by atoms with van der Waals surface area (Å²) in [5.74, 6) is 0. The highest BCUT2D eigenvalue weighted by Gasteiger charge is 2.53. The van der Waals surface area contributed by atoms with Crippen LogP contribution in [-0.4, -0.2) is 4.57 Å². The standard InChI is InChI=1S/C56H40N2/c1-3-44-45-22-10-14-26-50(45)56(51-27-15-11-23-46(51)47-24-12-16-28-52(47)56)53(44)36-38(2)57(42-32-30-40(31-33-42)39-18-6-4-7-19-39)43-34-35-49-48-25-13-17-29-54(48)58(55(49)37-43)41-20-8-5-9-21-41/h3-37H,2H2,1H3/b44-3-,53-36?. The zero-order valence-corrected chi connectivity index (χ0v) is 32.3. The van der Waals surface area contributed by atoms with Crippen molar-refractivity contribution in [3.8, 4) is 27.9 Å². The Morgan fingerprint density at radius 1 is 0.500 bits per heavy atom. The van der Waals surface area contributed by atoms with E-state index in [1.165, 1.54) is 71.9 Å². The van der Waals surface area contributed by atoms with Crippen LogP contribution in [0.4, 0.5) is 11.4 Å². The summed E-state index contributed by atoms with van der Waals surface area (Å²) in [6, 6.07) is 72.7. The van der Waals surface area contributed by atoms with Crippen molar-refractivity contribution in [3.05, 3.63) is 252 Å². The second-order valence-corrected chi connectivity index (χ2v) is 15.3. The summed E-state index contributed by atoms with van der Waals surface area (Å²) in [6.45, 7) is 7.14. The Hall–Kier alpha value is -7.42. The second-order valence-electron chi connectivity index (χ2n) is 15.3. The van der Waals surface area contributed by atoms with Crippen LogP contribution in [0, 0.1) is 0 Å². The third-order valence-corrected chi connectivity index (χ3v) is 12.3. The Morgan fingerprint density at radius 3 is 1.69 bits per heavy atom. The first-order chi connectivity index (χ1) is 28.7. The maximum absolute atomic E-state index is 4.97. The molecule has 0 aliphatic heterocycles. The first-order valence-electron chi connectivity index (χ1n) is 20.1. The van der Waals surface area contributed by atoms with Gasteiger partial charge in [-0.05, 0) is 111 Å². The molecule has 0 unspecified atom stereocenters. The van der Waals surface area contributed by atoms with Gasteiger partial charge in [-0.1, -0.05) is 170 Å². The highest BCUT2D eigenvalue weighted by molar-refractivity contribution is 6.10. The van der Waals surface area contributed by atoms with Crippen LogP contribution < -0.4 is 4.90 Å². The predicted octanol–water partition coefficient (Wildman–Crippen LogP) is 14.5. The number of rotatable bonds is 6. The predicted molar refractivity (Wildman–Crippen MR) is 244 cm³/mol. The van der Waals surface area contributed by atoms with E-state index in [-0.39, 0.29) is 0 Å². The molecule has 2 heteroatoms. The molecule has 9 aromatic rings. The van der Waals surface area contributed by atoms with Crippen molar-refractivity contribution in [1.29, 1.82) is 0 Å². The van der Waals surface area contributed by atoms with Crippen molar-refractivity contribution in [2.24, 2.45) is 0 Å². The Balaban J connectivity index is 1.16. The molecule has 1 aromatic heterocycles. The summed E-state index contributed by atoms with van der Waals surface area (Å²) in [5, 5.41) is 2.45. The van der Waals surface area contributed by atoms with Crippen LogP contribution in [0.15, 0.2) is 230 Å². The number of nitrogens with zero attached hydrogens (tertiary/aromatic N) is 2. The number of aromatic nitrogens is 1. The highest BCUT2D eigenvalue weighted by Crippen LogP contribution is 2.63. The van der Waals surface area contributed by atoms with Gasteiger partial charge in [0, 0.05) is 33.5 Å². The first kappa shape index (κ1) is 33.9. The number of hydrogen-bond donors (Lipinski definition) is 0. The second kappa shape index (κ2) is 13.4. The SMILES string of the molecule is C=C(C=C1/C(=C\C)c2ccccc2C12c1ccccc1-c1ccccc12)N(c1ccc(-c2ccccc2)cc1)c1ccc2c3ccccc3n(-c3ccccc3)c2c1. The summed E-state index contributed by atoms with van der Waals surface area (Å²) in [5.41, 5.74) is 18.6. The molecule has 58 heavy (non-hydrogen) atoms. The molecule has 274 valence electrons. The molecule has 0 saturated heterocycles. The molecule has 0 fully saturated rings. The number of allylic oxidation sites excluding steroid dienone is 4. The minimum absolute atomic E-state index is 0.499. The molecule has 1 spiro atoms. The largest absolute Gasteiger partial charge is 0.311 e. The lowest BCUT2D eigenvalue weighted by Gasteiger charge is -2.32. The van der Waals surface area contributed by atoms with Gasteiger partial charge in [0.1, 0.15) is 0 Å². The van der Waals surface area contributed by atoms with Gasteiger partial charge in [0.15, 0.2) is 0 Å². The Bertz CT molecular complexity index is 3080. The number of hydrogen-bond acceptors (Lipinski definition) is 1. The van der Waals surface area contributed by atoms with Crippen LogP contribution in [0.5, 0.6) is 0 Å². The monoisotopic (exact) mass is 740 g/mol. The molecule has 2 nitrogen and oxygen atoms in total. The van der Waals surface area contributed by atoms with E-state index in [0.29, 0.717) is 0 Å². The first-order valence-corrected chi connectivity index (χ1v) is 20.1. The summed E-state index contributed by atoms with van der Waals surface area (Å²) in [4.78, 5) is 2.34. The van der Waals surface area contributed by atoms with Gasteiger partial charge < -0.3 is 9.47 Å². The van der Waals surface area contributed by atoms with E-state index in [2.05, 4.69) is 229 Å². The number of anilines is 2. The molecule has 2 aliphatic rings. The molecular weight excluding hydrogens is 701 g/mol. The molecule has 11 rings (SSSR count). The van der Waals surface area contributed by atoms with Gasteiger partial charge >= 0.3 is 0 Å². The lowest BCUT2D eigenvalue weighted by atomic mass is 9.70. The van der Waals surface area contributed by atoms with Gasteiger partial charge in [0.05, 0.1) is 16.4 Å². The van der Waals surface area contributed by atoms with Crippen molar-refractivity contribution in [1.82, 2.24) is 4.57 Å². The molecule has 8 aromatic carbocycles. The molecule has 0 radical (unpaired) electrons. The molecular formula is C56H40N2. The zero-order valence-electron chi connectivity index (χ0n) is 32.3. The van der Waals surface area contributed by atoms with Crippen LogP contribution in [0.25, 0.3) is 55.3 Å². The molecule has 2 aliphatic carbocycles. The normalized spacial score (nSPS) is 14.9. The summed E-state index contributed by atoms with van der Waals surface area (Å²) in [7, 11) is 0. The lowest BCUT2D eigenvalue weighted by molar-refractivity contribution is 0.793. The molecule has 0 N–H and O–H groups in total. The minimum atomic E-state index is -0.499. The fourth-order valence-electron chi connectivity index (χ4n) is 9.95. The summed E-state index contributed by atoms with van der Waals surface area (Å²) < 4.78 is 2.39. The molecule has 0 atom stereocenters. The maximum Gasteiger partial charge on any atom is 0.0726 e. The third-order valence-electron chi connectivity index (χ3n) is 12.3. The van der Waals surface area contributed by atoms with E-state index in [1.807, 2.05) is 0 Å². The number of para-hydroxylation sites is 2.